The van der Waals surface area contributed by atoms with Gasteiger partial charge in [-0.15, -0.1) is 0 Å². The van der Waals surface area contributed by atoms with Gasteiger partial charge in [0.05, 0.1) is 6.33 Å². The Bertz CT molecular complexity index is 272. The molecule has 0 saturated carbocycles. The van der Waals surface area contributed by atoms with E-state index in [4.69, 9.17) is 0 Å². The van der Waals surface area contributed by atoms with Crippen molar-refractivity contribution in [3.05, 3.63) is 18.7 Å². The van der Waals surface area contributed by atoms with Crippen LogP contribution < -0.4 is 0 Å². The number of nitrogens with zero attached hydrogens (tertiary/aromatic N) is 2. The molecule has 0 N–H and O–H groups in total. The largest absolute Gasteiger partial charge is 0.336 e. The van der Waals surface area contributed by atoms with E-state index in [1.165, 1.54) is 50.7 Å². The summed E-state index contributed by atoms with van der Waals surface area (Å²) in [4.78, 5) is 4.12. The van der Waals surface area contributed by atoms with E-state index in [1.807, 2.05) is 12.5 Å². The van der Waals surface area contributed by atoms with E-state index in [0.717, 1.165) is 11.8 Å². The molecule has 104 valence electrons. The third kappa shape index (κ3) is 7.10. The van der Waals surface area contributed by atoms with E-state index in [1.54, 1.807) is 0 Å². The van der Waals surface area contributed by atoms with Crippen molar-refractivity contribution < 1.29 is 0 Å². The fourth-order valence-corrected chi connectivity index (χ4v) is 3.33. The van der Waals surface area contributed by atoms with E-state index in [9.17, 15) is 0 Å². The van der Waals surface area contributed by atoms with E-state index in [2.05, 4.69) is 41.4 Å². The number of aromatic nitrogens is 2. The lowest BCUT2D eigenvalue weighted by molar-refractivity contribution is 0.553. The molecule has 0 bridgehead atoms. The minimum Gasteiger partial charge on any atom is -0.336 e. The average molecular weight is 268 g/mol. The van der Waals surface area contributed by atoms with Gasteiger partial charge < -0.3 is 4.57 Å². The molecule has 0 fully saturated rings. The van der Waals surface area contributed by atoms with Crippen molar-refractivity contribution in [3.63, 3.8) is 0 Å². The van der Waals surface area contributed by atoms with Crippen LogP contribution in [0.3, 0.4) is 0 Å². The molecule has 0 aromatic carbocycles. The summed E-state index contributed by atoms with van der Waals surface area (Å²) >= 11 is 2.09. The van der Waals surface area contributed by atoms with Crippen LogP contribution in [0.2, 0.25) is 0 Å². The Labute approximate surface area is 117 Å². The summed E-state index contributed by atoms with van der Waals surface area (Å²) in [5.74, 6) is 1.22. The summed E-state index contributed by atoms with van der Waals surface area (Å²) in [6.07, 6.45) is 15.6. The monoisotopic (exact) mass is 268 g/mol. The van der Waals surface area contributed by atoms with Crippen molar-refractivity contribution >= 4 is 11.8 Å². The van der Waals surface area contributed by atoms with Gasteiger partial charge in [-0.25, -0.2) is 4.98 Å². The summed E-state index contributed by atoms with van der Waals surface area (Å²) in [5, 5.41) is 0.760. The third-order valence-corrected chi connectivity index (χ3v) is 4.45. The van der Waals surface area contributed by atoms with Gasteiger partial charge >= 0.3 is 0 Å². The first-order chi connectivity index (χ1) is 8.86. The lowest BCUT2D eigenvalue weighted by Gasteiger charge is -2.16. The molecule has 0 radical (unpaired) electrons. The topological polar surface area (TPSA) is 17.8 Å². The minimum atomic E-state index is 0.760. The second kappa shape index (κ2) is 10.5. The van der Waals surface area contributed by atoms with Gasteiger partial charge in [-0.2, -0.15) is 11.8 Å². The number of imidazole rings is 1. The first-order valence-corrected chi connectivity index (χ1v) is 8.49. The van der Waals surface area contributed by atoms with E-state index < -0.39 is 0 Å². The number of unbranched alkanes of at least 4 members (excludes halogenated alkanes) is 5. The highest BCUT2D eigenvalue weighted by Crippen LogP contribution is 2.20. The number of hydrogen-bond acceptors (Lipinski definition) is 2. The van der Waals surface area contributed by atoms with E-state index in [0.29, 0.717) is 0 Å². The SMILES string of the molecule is CCCCCCCCC(Cn1ccnc1)SCC. The summed E-state index contributed by atoms with van der Waals surface area (Å²) in [6.45, 7) is 5.65. The number of thioether (sulfide) groups is 1. The quantitative estimate of drug-likeness (QED) is 0.539. The average Bonchev–Trinajstić information content (AvgIpc) is 2.86. The van der Waals surface area contributed by atoms with Crippen LogP contribution in [0.4, 0.5) is 0 Å². The summed E-state index contributed by atoms with van der Waals surface area (Å²) in [6, 6.07) is 0. The molecule has 0 saturated heterocycles. The van der Waals surface area contributed by atoms with Crippen molar-refractivity contribution in [2.45, 2.75) is 70.6 Å². The zero-order chi connectivity index (χ0) is 13.1. The molecule has 1 unspecified atom stereocenters. The maximum absolute atomic E-state index is 4.12. The molecule has 0 amide bonds. The Kier molecular flexibility index (Phi) is 9.09. The Morgan fingerprint density at radius 2 is 1.89 bits per heavy atom. The minimum absolute atomic E-state index is 0.760. The van der Waals surface area contributed by atoms with Crippen LogP contribution in [0.5, 0.6) is 0 Å². The lowest BCUT2D eigenvalue weighted by atomic mass is 10.1. The van der Waals surface area contributed by atoms with Crippen molar-refractivity contribution in [2.75, 3.05) is 5.75 Å². The van der Waals surface area contributed by atoms with Crippen LogP contribution in [0.15, 0.2) is 18.7 Å². The highest BCUT2D eigenvalue weighted by atomic mass is 32.2. The Hall–Kier alpha value is -0.440. The van der Waals surface area contributed by atoms with Crippen LogP contribution in [-0.2, 0) is 6.54 Å². The maximum Gasteiger partial charge on any atom is 0.0946 e. The first kappa shape index (κ1) is 15.6. The molecule has 0 aliphatic carbocycles. The summed E-state index contributed by atoms with van der Waals surface area (Å²) < 4.78 is 2.21. The Balaban J connectivity index is 2.13. The van der Waals surface area contributed by atoms with Crippen molar-refractivity contribution in [2.24, 2.45) is 0 Å². The molecule has 3 heteroatoms. The van der Waals surface area contributed by atoms with Crippen LogP contribution >= 0.6 is 11.8 Å². The van der Waals surface area contributed by atoms with Crippen LogP contribution in [0.1, 0.15) is 58.8 Å². The molecular weight excluding hydrogens is 240 g/mol. The maximum atomic E-state index is 4.12. The molecule has 0 aliphatic rings. The standard InChI is InChI=1S/C15H28N2S/c1-3-5-6-7-8-9-10-15(18-4-2)13-17-12-11-16-14-17/h11-12,14-15H,3-10,13H2,1-2H3. The summed E-state index contributed by atoms with van der Waals surface area (Å²) in [5.41, 5.74) is 0. The molecule has 1 atom stereocenters. The van der Waals surface area contributed by atoms with Crippen molar-refractivity contribution in [1.82, 2.24) is 9.55 Å². The molecule has 18 heavy (non-hydrogen) atoms. The normalized spacial score (nSPS) is 12.8. The van der Waals surface area contributed by atoms with Crippen molar-refractivity contribution in [1.29, 1.82) is 0 Å². The van der Waals surface area contributed by atoms with Gasteiger partial charge in [-0.3, -0.25) is 0 Å². The van der Waals surface area contributed by atoms with Crippen LogP contribution in [-0.4, -0.2) is 20.6 Å². The summed E-state index contributed by atoms with van der Waals surface area (Å²) in [7, 11) is 0. The second-order valence-corrected chi connectivity index (χ2v) is 6.47. The second-order valence-electron chi connectivity index (χ2n) is 4.89. The molecule has 1 aromatic rings. The molecule has 1 aromatic heterocycles. The lowest BCUT2D eigenvalue weighted by Crippen LogP contribution is -2.12. The van der Waals surface area contributed by atoms with E-state index in [-0.39, 0.29) is 0 Å². The highest BCUT2D eigenvalue weighted by molar-refractivity contribution is 7.99. The zero-order valence-electron chi connectivity index (χ0n) is 12.0. The third-order valence-electron chi connectivity index (χ3n) is 3.26. The fourth-order valence-electron chi connectivity index (χ4n) is 2.25. The predicted molar refractivity (Wildman–Crippen MR) is 82.1 cm³/mol. The predicted octanol–water partition coefficient (Wildman–Crippen LogP) is 4.76. The van der Waals surface area contributed by atoms with Gasteiger partial charge in [0, 0.05) is 24.2 Å². The molecule has 0 spiro atoms. The van der Waals surface area contributed by atoms with Gasteiger partial charge in [0.2, 0.25) is 0 Å². The van der Waals surface area contributed by atoms with Crippen LogP contribution in [0.25, 0.3) is 0 Å². The fraction of sp³-hybridized carbons (Fsp3) is 0.800. The first-order valence-electron chi connectivity index (χ1n) is 7.44. The molecular formula is C15H28N2S. The Morgan fingerprint density at radius 3 is 2.56 bits per heavy atom. The van der Waals surface area contributed by atoms with Gasteiger partial charge in [0.1, 0.15) is 0 Å². The highest BCUT2D eigenvalue weighted by Gasteiger charge is 2.08. The molecule has 0 aliphatic heterocycles. The van der Waals surface area contributed by atoms with Gasteiger partial charge in [0.15, 0.2) is 0 Å². The number of rotatable bonds is 11. The molecule has 1 heterocycles. The molecule has 2 nitrogen and oxygen atoms in total. The molecule has 1 rings (SSSR count). The van der Waals surface area contributed by atoms with Crippen molar-refractivity contribution in [3.8, 4) is 0 Å². The smallest absolute Gasteiger partial charge is 0.0946 e. The van der Waals surface area contributed by atoms with Gasteiger partial charge in [-0.05, 0) is 12.2 Å². The Morgan fingerprint density at radius 1 is 1.11 bits per heavy atom. The zero-order valence-corrected chi connectivity index (χ0v) is 12.8. The van der Waals surface area contributed by atoms with Gasteiger partial charge in [-0.1, -0.05) is 52.4 Å². The number of hydrogen-bond donors (Lipinski definition) is 0. The van der Waals surface area contributed by atoms with Crippen LogP contribution in [0, 0.1) is 0 Å². The van der Waals surface area contributed by atoms with E-state index >= 15 is 0 Å². The van der Waals surface area contributed by atoms with Gasteiger partial charge in [0.25, 0.3) is 0 Å².